The average molecular weight is 235 g/mol. The van der Waals surface area contributed by atoms with Crippen LogP contribution in [0, 0.1) is 5.92 Å². The van der Waals surface area contributed by atoms with E-state index in [0.29, 0.717) is 6.04 Å². The van der Waals surface area contributed by atoms with Gasteiger partial charge >= 0.3 is 0 Å². The SMILES string of the molecule is CC(C)CCC(C)Nc1cnccc1N(C)C. The number of pyridine rings is 1. The van der Waals surface area contributed by atoms with Gasteiger partial charge in [-0.2, -0.15) is 0 Å². The monoisotopic (exact) mass is 235 g/mol. The lowest BCUT2D eigenvalue weighted by Crippen LogP contribution is -2.19. The molecule has 0 aliphatic rings. The van der Waals surface area contributed by atoms with Crippen molar-refractivity contribution in [1.29, 1.82) is 0 Å². The van der Waals surface area contributed by atoms with Crippen LogP contribution in [-0.2, 0) is 0 Å². The van der Waals surface area contributed by atoms with Crippen molar-refractivity contribution in [3.63, 3.8) is 0 Å². The summed E-state index contributed by atoms with van der Waals surface area (Å²) in [4.78, 5) is 6.30. The molecular weight excluding hydrogens is 210 g/mol. The molecular formula is C14H25N3. The zero-order valence-electron chi connectivity index (χ0n) is 11.7. The van der Waals surface area contributed by atoms with Crippen LogP contribution in [0.5, 0.6) is 0 Å². The Kier molecular flexibility index (Phi) is 5.26. The lowest BCUT2D eigenvalue weighted by Gasteiger charge is -2.21. The van der Waals surface area contributed by atoms with E-state index in [1.807, 2.05) is 18.5 Å². The summed E-state index contributed by atoms with van der Waals surface area (Å²) in [5, 5.41) is 3.54. The Morgan fingerprint density at radius 3 is 2.53 bits per heavy atom. The van der Waals surface area contributed by atoms with Crippen molar-refractivity contribution in [3.05, 3.63) is 18.5 Å². The minimum Gasteiger partial charge on any atom is -0.380 e. The van der Waals surface area contributed by atoms with E-state index in [-0.39, 0.29) is 0 Å². The summed E-state index contributed by atoms with van der Waals surface area (Å²) in [6.45, 7) is 6.76. The Balaban J connectivity index is 2.61. The highest BCUT2D eigenvalue weighted by atomic mass is 15.1. The first kappa shape index (κ1) is 13.8. The van der Waals surface area contributed by atoms with Crippen LogP contribution in [0.25, 0.3) is 0 Å². The third-order valence-corrected chi connectivity index (χ3v) is 2.86. The molecule has 1 aromatic heterocycles. The highest BCUT2D eigenvalue weighted by Crippen LogP contribution is 2.23. The highest BCUT2D eigenvalue weighted by Gasteiger charge is 2.08. The van der Waals surface area contributed by atoms with Gasteiger partial charge in [0.05, 0.1) is 17.6 Å². The van der Waals surface area contributed by atoms with Crippen LogP contribution < -0.4 is 10.2 Å². The Labute approximate surface area is 105 Å². The molecule has 0 saturated heterocycles. The maximum Gasteiger partial charge on any atom is 0.0766 e. The number of nitrogens with one attached hydrogen (secondary N) is 1. The van der Waals surface area contributed by atoms with Gasteiger partial charge in [0, 0.05) is 26.3 Å². The molecule has 0 bridgehead atoms. The molecule has 0 amide bonds. The fraction of sp³-hybridized carbons (Fsp3) is 0.643. The van der Waals surface area contributed by atoms with Crippen molar-refractivity contribution in [1.82, 2.24) is 4.98 Å². The molecule has 1 rings (SSSR count). The summed E-state index contributed by atoms with van der Waals surface area (Å²) in [5.41, 5.74) is 2.31. The largest absolute Gasteiger partial charge is 0.380 e. The van der Waals surface area contributed by atoms with E-state index in [4.69, 9.17) is 0 Å². The molecule has 0 aliphatic heterocycles. The molecule has 17 heavy (non-hydrogen) atoms. The lowest BCUT2D eigenvalue weighted by atomic mass is 10.0. The van der Waals surface area contributed by atoms with Crippen molar-refractivity contribution in [2.75, 3.05) is 24.3 Å². The maximum atomic E-state index is 4.19. The van der Waals surface area contributed by atoms with Crippen LogP contribution in [0.15, 0.2) is 18.5 Å². The lowest BCUT2D eigenvalue weighted by molar-refractivity contribution is 0.527. The smallest absolute Gasteiger partial charge is 0.0766 e. The molecule has 1 unspecified atom stereocenters. The fourth-order valence-corrected chi connectivity index (χ4v) is 1.81. The predicted octanol–water partition coefficient (Wildman–Crippen LogP) is 3.38. The minimum atomic E-state index is 0.486. The normalized spacial score (nSPS) is 12.6. The van der Waals surface area contributed by atoms with Crippen molar-refractivity contribution >= 4 is 11.4 Å². The van der Waals surface area contributed by atoms with Crippen molar-refractivity contribution < 1.29 is 0 Å². The summed E-state index contributed by atoms with van der Waals surface area (Å²) in [7, 11) is 4.11. The molecule has 0 radical (unpaired) electrons. The van der Waals surface area contributed by atoms with Crippen molar-refractivity contribution in [2.24, 2.45) is 5.92 Å². The third kappa shape index (κ3) is 4.63. The van der Waals surface area contributed by atoms with E-state index in [1.165, 1.54) is 18.5 Å². The Hall–Kier alpha value is -1.25. The topological polar surface area (TPSA) is 28.2 Å². The molecule has 1 N–H and O–H groups in total. The molecule has 1 heterocycles. The average Bonchev–Trinajstić information content (AvgIpc) is 2.27. The zero-order chi connectivity index (χ0) is 12.8. The van der Waals surface area contributed by atoms with Gasteiger partial charge in [-0.25, -0.2) is 0 Å². The number of nitrogens with zero attached hydrogens (tertiary/aromatic N) is 2. The van der Waals surface area contributed by atoms with Crippen LogP contribution >= 0.6 is 0 Å². The minimum absolute atomic E-state index is 0.486. The van der Waals surface area contributed by atoms with Gasteiger partial charge < -0.3 is 10.2 Å². The first-order valence-corrected chi connectivity index (χ1v) is 6.38. The van der Waals surface area contributed by atoms with Gasteiger partial charge in [-0.1, -0.05) is 13.8 Å². The van der Waals surface area contributed by atoms with Crippen LogP contribution in [0.2, 0.25) is 0 Å². The van der Waals surface area contributed by atoms with E-state index >= 15 is 0 Å². The van der Waals surface area contributed by atoms with E-state index in [9.17, 15) is 0 Å². The van der Waals surface area contributed by atoms with Gasteiger partial charge in [-0.05, 0) is 31.7 Å². The number of rotatable bonds is 6. The van der Waals surface area contributed by atoms with Gasteiger partial charge in [0.1, 0.15) is 0 Å². The van der Waals surface area contributed by atoms with Crippen molar-refractivity contribution in [3.8, 4) is 0 Å². The number of aromatic nitrogens is 1. The molecule has 0 saturated carbocycles. The second-order valence-electron chi connectivity index (χ2n) is 5.30. The summed E-state index contributed by atoms with van der Waals surface area (Å²) in [5.74, 6) is 0.765. The van der Waals surface area contributed by atoms with Gasteiger partial charge in [0.2, 0.25) is 0 Å². The summed E-state index contributed by atoms with van der Waals surface area (Å²) in [6, 6.07) is 2.53. The van der Waals surface area contributed by atoms with Crippen LogP contribution in [-0.4, -0.2) is 25.1 Å². The second-order valence-corrected chi connectivity index (χ2v) is 5.30. The molecule has 1 aromatic rings. The van der Waals surface area contributed by atoms with Crippen molar-refractivity contribution in [2.45, 2.75) is 39.7 Å². The Bertz CT molecular complexity index is 334. The summed E-state index contributed by atoms with van der Waals surface area (Å²) in [6.07, 6.45) is 6.19. The summed E-state index contributed by atoms with van der Waals surface area (Å²) < 4.78 is 0. The molecule has 0 aromatic carbocycles. The first-order chi connectivity index (χ1) is 8.00. The third-order valence-electron chi connectivity index (χ3n) is 2.86. The Morgan fingerprint density at radius 1 is 1.24 bits per heavy atom. The number of hydrogen-bond donors (Lipinski definition) is 1. The molecule has 3 nitrogen and oxygen atoms in total. The van der Waals surface area contributed by atoms with Gasteiger partial charge in [-0.15, -0.1) is 0 Å². The molecule has 0 spiro atoms. The maximum absolute atomic E-state index is 4.19. The van der Waals surface area contributed by atoms with E-state index in [2.05, 4.69) is 50.1 Å². The number of hydrogen-bond acceptors (Lipinski definition) is 3. The molecule has 1 atom stereocenters. The predicted molar refractivity (Wildman–Crippen MR) is 75.7 cm³/mol. The molecule has 0 aliphatic carbocycles. The fourth-order valence-electron chi connectivity index (χ4n) is 1.81. The molecule has 3 heteroatoms. The number of anilines is 2. The quantitative estimate of drug-likeness (QED) is 0.819. The van der Waals surface area contributed by atoms with Gasteiger partial charge in [0.15, 0.2) is 0 Å². The van der Waals surface area contributed by atoms with E-state index < -0.39 is 0 Å². The zero-order valence-corrected chi connectivity index (χ0v) is 11.7. The first-order valence-electron chi connectivity index (χ1n) is 6.38. The Morgan fingerprint density at radius 2 is 1.94 bits per heavy atom. The van der Waals surface area contributed by atoms with Gasteiger partial charge in [0.25, 0.3) is 0 Å². The van der Waals surface area contributed by atoms with Crippen LogP contribution in [0.4, 0.5) is 11.4 Å². The van der Waals surface area contributed by atoms with E-state index in [1.54, 1.807) is 0 Å². The van der Waals surface area contributed by atoms with Crippen LogP contribution in [0.3, 0.4) is 0 Å². The summed E-state index contributed by atoms with van der Waals surface area (Å²) >= 11 is 0. The standard InChI is InChI=1S/C14H25N3/c1-11(2)6-7-12(3)16-13-10-15-9-8-14(13)17(4)5/h8-12,16H,6-7H2,1-5H3. The second kappa shape index (κ2) is 6.48. The van der Waals surface area contributed by atoms with Crippen LogP contribution in [0.1, 0.15) is 33.6 Å². The molecule has 0 fully saturated rings. The highest BCUT2D eigenvalue weighted by molar-refractivity contribution is 5.68. The van der Waals surface area contributed by atoms with Gasteiger partial charge in [-0.3, -0.25) is 4.98 Å². The molecule has 96 valence electrons. The van der Waals surface area contributed by atoms with E-state index in [0.717, 1.165) is 11.6 Å².